The van der Waals surface area contributed by atoms with Crippen LogP contribution in [0.4, 0.5) is 5.13 Å². The number of nitrogens with zero attached hydrogens (tertiary/aromatic N) is 1. The van der Waals surface area contributed by atoms with E-state index in [1.54, 1.807) is 6.20 Å². The number of allylic oxidation sites excluding steroid dienone is 1. The SMILES string of the molecule is Cc1cnc(NC(=O)CC[C@@H]2/C(=C\O)C(=O)[C@@]3(C)CCC4c5cc(Br)c(O)c(Br)c5CCC4C23)s1. The zero-order valence-electron chi connectivity index (χ0n) is 19.6. The molecule has 2 fully saturated rings. The molecule has 2 saturated carbocycles. The smallest absolute Gasteiger partial charge is 0.226 e. The van der Waals surface area contributed by atoms with E-state index in [0.717, 1.165) is 46.9 Å². The number of aryl methyl sites for hydroxylation is 1. The molecule has 35 heavy (non-hydrogen) atoms. The van der Waals surface area contributed by atoms with Crippen molar-refractivity contribution < 1.29 is 19.8 Å². The van der Waals surface area contributed by atoms with Gasteiger partial charge in [-0.15, -0.1) is 11.3 Å². The van der Waals surface area contributed by atoms with Gasteiger partial charge in [0, 0.05) is 28.5 Å². The first kappa shape index (κ1) is 25.0. The number of aromatic nitrogens is 1. The summed E-state index contributed by atoms with van der Waals surface area (Å²) in [5.41, 5.74) is 2.30. The van der Waals surface area contributed by atoms with Crippen LogP contribution in [0.5, 0.6) is 5.75 Å². The van der Waals surface area contributed by atoms with E-state index in [1.807, 2.05) is 13.0 Å². The fourth-order valence-corrected chi connectivity index (χ4v) is 8.99. The predicted molar refractivity (Wildman–Crippen MR) is 143 cm³/mol. The zero-order chi connectivity index (χ0) is 25.1. The summed E-state index contributed by atoms with van der Waals surface area (Å²) in [4.78, 5) is 31.5. The standard InChI is InChI=1S/C26H28Br2N2O4S/c1-12-10-29-25(35-12)30-20(32)6-5-15-18(11-31)24(34)26(2)8-7-13-14(21(15)26)3-4-16-17(13)9-19(27)23(33)22(16)28/h9-11,13-15,21,31,33H,3-8H2,1-2H3,(H,29,30,32)/b18-11+/t13?,14?,15-,21?,26+/m1/s1. The topological polar surface area (TPSA) is 99.5 Å². The van der Waals surface area contributed by atoms with Crippen LogP contribution >= 0.6 is 43.2 Å². The van der Waals surface area contributed by atoms with Crippen molar-refractivity contribution in [2.24, 2.45) is 23.2 Å². The second-order valence-corrected chi connectivity index (χ2v) is 13.1. The van der Waals surface area contributed by atoms with Crippen molar-refractivity contribution >= 4 is 60.0 Å². The summed E-state index contributed by atoms with van der Waals surface area (Å²) >= 11 is 8.52. The molecule has 3 N–H and O–H groups in total. The molecule has 0 radical (unpaired) electrons. The third kappa shape index (κ3) is 4.07. The Labute approximate surface area is 225 Å². The van der Waals surface area contributed by atoms with E-state index < -0.39 is 5.41 Å². The van der Waals surface area contributed by atoms with Crippen LogP contribution in [0.2, 0.25) is 0 Å². The molecule has 0 bridgehead atoms. The molecule has 5 rings (SSSR count). The summed E-state index contributed by atoms with van der Waals surface area (Å²) in [5.74, 6) is 0.557. The van der Waals surface area contributed by atoms with Gasteiger partial charge in [0.1, 0.15) is 5.75 Å². The molecule has 9 heteroatoms. The van der Waals surface area contributed by atoms with E-state index in [4.69, 9.17) is 0 Å². The van der Waals surface area contributed by atoms with Crippen molar-refractivity contribution in [3.8, 4) is 5.75 Å². The summed E-state index contributed by atoms with van der Waals surface area (Å²) < 4.78 is 1.42. The first-order chi connectivity index (χ1) is 16.7. The molecule has 2 aromatic rings. The Kier molecular flexibility index (Phi) is 6.64. The van der Waals surface area contributed by atoms with E-state index in [1.165, 1.54) is 16.9 Å². The van der Waals surface area contributed by atoms with Gasteiger partial charge < -0.3 is 15.5 Å². The van der Waals surface area contributed by atoms with Crippen LogP contribution in [0.25, 0.3) is 0 Å². The first-order valence-electron chi connectivity index (χ1n) is 12.0. The highest BCUT2D eigenvalue weighted by molar-refractivity contribution is 9.11. The van der Waals surface area contributed by atoms with Crippen LogP contribution in [-0.4, -0.2) is 26.9 Å². The maximum Gasteiger partial charge on any atom is 0.226 e. The minimum Gasteiger partial charge on any atom is -0.515 e. The number of nitrogens with one attached hydrogen (secondary N) is 1. The van der Waals surface area contributed by atoms with E-state index in [2.05, 4.69) is 49.1 Å². The lowest BCUT2D eigenvalue weighted by molar-refractivity contribution is -0.127. The quantitative estimate of drug-likeness (QED) is 0.257. The number of fused-ring (bicyclic) bond motifs is 5. The average molecular weight is 624 g/mol. The van der Waals surface area contributed by atoms with Crippen LogP contribution in [0, 0.1) is 30.1 Å². The summed E-state index contributed by atoms with van der Waals surface area (Å²) in [6, 6.07) is 2.03. The third-order valence-corrected chi connectivity index (χ3v) is 10.7. The predicted octanol–water partition coefficient (Wildman–Crippen LogP) is 6.80. The molecule has 3 aliphatic carbocycles. The zero-order valence-corrected chi connectivity index (χ0v) is 23.6. The van der Waals surface area contributed by atoms with E-state index in [0.29, 0.717) is 21.6 Å². The van der Waals surface area contributed by atoms with E-state index in [9.17, 15) is 19.8 Å². The number of aliphatic hydroxyl groups excluding tert-OH is 1. The Bertz CT molecular complexity index is 1240. The van der Waals surface area contributed by atoms with Crippen LogP contribution in [0.3, 0.4) is 0 Å². The van der Waals surface area contributed by atoms with Gasteiger partial charge in [-0.25, -0.2) is 4.98 Å². The van der Waals surface area contributed by atoms with Crippen molar-refractivity contribution in [2.75, 3.05) is 5.32 Å². The number of phenols is 1. The minimum absolute atomic E-state index is 0.0308. The number of ketones is 1. The van der Waals surface area contributed by atoms with Gasteiger partial charge in [-0.2, -0.15) is 0 Å². The number of phenolic OH excluding ortho intramolecular Hbond substituents is 1. The lowest BCUT2D eigenvalue weighted by Crippen LogP contribution is -2.44. The van der Waals surface area contributed by atoms with Crippen molar-refractivity contribution in [2.45, 2.75) is 58.3 Å². The molecule has 1 aromatic carbocycles. The molecule has 0 aliphatic heterocycles. The average Bonchev–Trinajstić information content (AvgIpc) is 3.33. The molecule has 0 saturated heterocycles. The van der Waals surface area contributed by atoms with Crippen molar-refractivity contribution in [1.29, 1.82) is 0 Å². The molecule has 186 valence electrons. The van der Waals surface area contributed by atoms with Crippen molar-refractivity contribution in [3.63, 3.8) is 0 Å². The number of amides is 1. The van der Waals surface area contributed by atoms with Gasteiger partial charge >= 0.3 is 0 Å². The van der Waals surface area contributed by atoms with Gasteiger partial charge in [0.25, 0.3) is 0 Å². The normalized spacial score (nSPS) is 30.6. The number of hydrogen-bond donors (Lipinski definition) is 3. The number of aliphatic hydroxyl groups is 1. The molecule has 6 nitrogen and oxygen atoms in total. The van der Waals surface area contributed by atoms with Crippen LogP contribution < -0.4 is 5.32 Å². The van der Waals surface area contributed by atoms with Crippen LogP contribution in [0.1, 0.15) is 60.9 Å². The van der Waals surface area contributed by atoms with Crippen molar-refractivity contribution in [3.05, 3.63) is 49.0 Å². The molecular formula is C26H28Br2N2O4S. The van der Waals surface area contributed by atoms with Gasteiger partial charge in [0.05, 0.1) is 15.2 Å². The molecule has 0 spiro atoms. The molecule has 3 unspecified atom stereocenters. The number of Topliss-reactive ketones (excluding diaryl/α,β-unsaturated/α-hetero) is 1. The van der Waals surface area contributed by atoms with Crippen LogP contribution in [0.15, 0.2) is 33.0 Å². The fraction of sp³-hybridized carbons (Fsp3) is 0.500. The minimum atomic E-state index is -0.536. The Morgan fingerprint density at radius 1 is 1.37 bits per heavy atom. The number of anilines is 1. The Balaban J connectivity index is 1.44. The van der Waals surface area contributed by atoms with Gasteiger partial charge in [-0.3, -0.25) is 9.59 Å². The molecular weight excluding hydrogens is 596 g/mol. The second kappa shape index (κ2) is 9.30. The van der Waals surface area contributed by atoms with Gasteiger partial charge in [-0.05, 0) is 112 Å². The molecule has 1 aromatic heterocycles. The highest BCUT2D eigenvalue weighted by Gasteiger charge is 2.60. The Morgan fingerprint density at radius 3 is 2.83 bits per heavy atom. The maximum atomic E-state index is 13.5. The fourth-order valence-electron chi connectivity index (χ4n) is 6.96. The van der Waals surface area contributed by atoms with Gasteiger partial charge in [0.15, 0.2) is 10.9 Å². The highest BCUT2D eigenvalue weighted by Crippen LogP contribution is 2.64. The summed E-state index contributed by atoms with van der Waals surface area (Å²) in [6.45, 7) is 3.99. The van der Waals surface area contributed by atoms with Crippen LogP contribution in [-0.2, 0) is 16.0 Å². The Morgan fingerprint density at radius 2 is 2.14 bits per heavy atom. The molecule has 3 aliphatic rings. The summed E-state index contributed by atoms with van der Waals surface area (Å²) in [7, 11) is 0. The number of carbonyl (C=O) groups is 2. The van der Waals surface area contributed by atoms with Gasteiger partial charge in [0.2, 0.25) is 5.91 Å². The van der Waals surface area contributed by atoms with E-state index >= 15 is 0 Å². The lowest BCUT2D eigenvalue weighted by atomic mass is 9.54. The Hall–Kier alpha value is -1.71. The molecule has 5 atom stereocenters. The second-order valence-electron chi connectivity index (χ2n) is 10.3. The lowest BCUT2D eigenvalue weighted by Gasteiger charge is -2.49. The third-order valence-electron chi connectivity index (χ3n) is 8.45. The number of carbonyl (C=O) groups excluding carboxylic acids is 2. The number of rotatable bonds is 4. The van der Waals surface area contributed by atoms with Gasteiger partial charge in [-0.1, -0.05) is 6.92 Å². The molecule has 1 amide bonds. The largest absolute Gasteiger partial charge is 0.515 e. The monoisotopic (exact) mass is 622 g/mol. The number of aromatic hydroxyl groups is 1. The van der Waals surface area contributed by atoms with E-state index in [-0.39, 0.29) is 47.5 Å². The maximum absolute atomic E-state index is 13.5. The molecule has 1 heterocycles. The first-order valence-corrected chi connectivity index (χ1v) is 14.4. The summed E-state index contributed by atoms with van der Waals surface area (Å²) in [6.07, 6.45) is 6.84. The number of hydrogen-bond acceptors (Lipinski definition) is 6. The highest BCUT2D eigenvalue weighted by atomic mass is 79.9. The number of thiazole rings is 1. The number of halogens is 2. The summed E-state index contributed by atoms with van der Waals surface area (Å²) in [5, 5.41) is 24.0. The van der Waals surface area contributed by atoms with Crippen molar-refractivity contribution in [1.82, 2.24) is 4.98 Å². The number of benzene rings is 1.